The summed E-state index contributed by atoms with van der Waals surface area (Å²) >= 11 is 0. The van der Waals surface area contributed by atoms with Crippen molar-refractivity contribution in [1.29, 1.82) is 0 Å². The van der Waals surface area contributed by atoms with Gasteiger partial charge >= 0.3 is 0 Å². The van der Waals surface area contributed by atoms with Gasteiger partial charge in [0.1, 0.15) is 0 Å². The topological polar surface area (TPSA) is 41.4 Å². The molecule has 1 amide bonds. The van der Waals surface area contributed by atoms with Gasteiger partial charge in [0.15, 0.2) is 0 Å². The third-order valence-corrected chi connectivity index (χ3v) is 4.68. The Morgan fingerprint density at radius 3 is 2.58 bits per heavy atom. The van der Waals surface area contributed by atoms with E-state index < -0.39 is 0 Å². The Bertz CT molecular complexity index is 686. The van der Waals surface area contributed by atoms with E-state index in [-0.39, 0.29) is 5.91 Å². The average Bonchev–Trinajstić information content (AvgIpc) is 2.98. The highest BCUT2D eigenvalue weighted by Gasteiger charge is 2.21. The molecule has 1 fully saturated rings. The Kier molecular flexibility index (Phi) is 5.30. The predicted molar refractivity (Wildman–Crippen MR) is 94.6 cm³/mol. The first-order chi connectivity index (χ1) is 11.6. The minimum Gasteiger partial charge on any atom is -0.340 e. The van der Waals surface area contributed by atoms with Gasteiger partial charge in [0.2, 0.25) is 5.91 Å². The number of hydrogen-bond acceptors (Lipinski definition) is 3. The van der Waals surface area contributed by atoms with Crippen molar-refractivity contribution in [3.63, 3.8) is 0 Å². The van der Waals surface area contributed by atoms with Crippen molar-refractivity contribution in [1.82, 2.24) is 19.6 Å². The maximum absolute atomic E-state index is 12.4. The summed E-state index contributed by atoms with van der Waals surface area (Å²) in [5, 5.41) is 4.24. The SMILES string of the molecule is Cc1cccc(CN2CCN(C(=O)CCn3nccc3C)CC2)c1. The zero-order valence-electron chi connectivity index (χ0n) is 14.6. The molecule has 0 bridgehead atoms. The summed E-state index contributed by atoms with van der Waals surface area (Å²) in [6.07, 6.45) is 2.31. The Hall–Kier alpha value is -2.14. The molecule has 1 saturated heterocycles. The lowest BCUT2D eigenvalue weighted by Gasteiger charge is -2.35. The van der Waals surface area contributed by atoms with Crippen molar-refractivity contribution < 1.29 is 4.79 Å². The van der Waals surface area contributed by atoms with E-state index in [2.05, 4.69) is 41.2 Å². The molecule has 0 spiro atoms. The van der Waals surface area contributed by atoms with Crippen molar-refractivity contribution in [2.24, 2.45) is 0 Å². The quantitative estimate of drug-likeness (QED) is 0.846. The van der Waals surface area contributed by atoms with Crippen LogP contribution >= 0.6 is 0 Å². The fourth-order valence-electron chi connectivity index (χ4n) is 3.22. The normalized spacial score (nSPS) is 15.7. The molecule has 0 aliphatic carbocycles. The molecule has 1 aromatic heterocycles. The van der Waals surface area contributed by atoms with Crippen LogP contribution < -0.4 is 0 Å². The molecule has 2 aromatic rings. The fourth-order valence-corrected chi connectivity index (χ4v) is 3.22. The summed E-state index contributed by atoms with van der Waals surface area (Å²) in [6, 6.07) is 10.6. The van der Waals surface area contributed by atoms with E-state index in [4.69, 9.17) is 0 Å². The largest absolute Gasteiger partial charge is 0.340 e. The summed E-state index contributed by atoms with van der Waals surface area (Å²) < 4.78 is 1.89. The van der Waals surface area contributed by atoms with Gasteiger partial charge in [-0.25, -0.2) is 0 Å². The molecule has 0 unspecified atom stereocenters. The van der Waals surface area contributed by atoms with Crippen molar-refractivity contribution in [2.75, 3.05) is 26.2 Å². The van der Waals surface area contributed by atoms with Gasteiger partial charge in [0.05, 0.1) is 0 Å². The number of carbonyl (C=O) groups excluding carboxylic acids is 1. The molecule has 0 radical (unpaired) electrons. The molecule has 0 atom stereocenters. The van der Waals surface area contributed by atoms with Crippen LogP contribution in [0.5, 0.6) is 0 Å². The highest BCUT2D eigenvalue weighted by molar-refractivity contribution is 5.76. The van der Waals surface area contributed by atoms with Gasteiger partial charge in [0.25, 0.3) is 0 Å². The third-order valence-electron chi connectivity index (χ3n) is 4.68. The number of aromatic nitrogens is 2. The Morgan fingerprint density at radius 2 is 1.92 bits per heavy atom. The van der Waals surface area contributed by atoms with Crippen LogP contribution in [0.1, 0.15) is 23.2 Å². The van der Waals surface area contributed by atoms with Gasteiger partial charge < -0.3 is 4.90 Å². The van der Waals surface area contributed by atoms with Gasteiger partial charge in [-0.2, -0.15) is 5.10 Å². The molecule has 0 N–H and O–H groups in total. The van der Waals surface area contributed by atoms with E-state index in [1.165, 1.54) is 11.1 Å². The monoisotopic (exact) mass is 326 g/mol. The number of hydrogen-bond donors (Lipinski definition) is 0. The van der Waals surface area contributed by atoms with Gasteiger partial charge in [-0.15, -0.1) is 0 Å². The van der Waals surface area contributed by atoms with Crippen LogP contribution in [0, 0.1) is 13.8 Å². The second-order valence-electron chi connectivity index (χ2n) is 6.59. The average molecular weight is 326 g/mol. The van der Waals surface area contributed by atoms with Gasteiger partial charge in [-0.3, -0.25) is 14.4 Å². The van der Waals surface area contributed by atoms with E-state index in [9.17, 15) is 4.79 Å². The molecule has 1 aliphatic heterocycles. The Balaban J connectivity index is 1.44. The van der Waals surface area contributed by atoms with E-state index >= 15 is 0 Å². The number of amides is 1. The molecule has 5 heteroatoms. The smallest absolute Gasteiger partial charge is 0.224 e. The molecule has 5 nitrogen and oxygen atoms in total. The highest BCUT2D eigenvalue weighted by Crippen LogP contribution is 2.11. The summed E-state index contributed by atoms with van der Waals surface area (Å²) in [4.78, 5) is 16.8. The van der Waals surface area contributed by atoms with Crippen molar-refractivity contribution in [3.8, 4) is 0 Å². The van der Waals surface area contributed by atoms with Crippen LogP contribution in [0.4, 0.5) is 0 Å². The number of nitrogens with zero attached hydrogens (tertiary/aromatic N) is 4. The van der Waals surface area contributed by atoms with Crippen LogP contribution in [0.25, 0.3) is 0 Å². The lowest BCUT2D eigenvalue weighted by molar-refractivity contribution is -0.133. The van der Waals surface area contributed by atoms with Gasteiger partial charge in [-0.1, -0.05) is 29.8 Å². The Labute approximate surface area is 143 Å². The number of benzene rings is 1. The second kappa shape index (κ2) is 7.62. The minimum atomic E-state index is 0.236. The molecule has 2 heterocycles. The summed E-state index contributed by atoms with van der Waals surface area (Å²) in [6.45, 7) is 9.31. The zero-order valence-corrected chi connectivity index (χ0v) is 14.6. The summed E-state index contributed by atoms with van der Waals surface area (Å²) in [5.74, 6) is 0.236. The summed E-state index contributed by atoms with van der Waals surface area (Å²) in [5.41, 5.74) is 3.75. The maximum atomic E-state index is 12.4. The number of piperazine rings is 1. The van der Waals surface area contributed by atoms with Crippen LogP contribution in [0.15, 0.2) is 36.5 Å². The second-order valence-corrected chi connectivity index (χ2v) is 6.59. The molecular weight excluding hydrogens is 300 g/mol. The highest BCUT2D eigenvalue weighted by atomic mass is 16.2. The number of rotatable bonds is 5. The number of aryl methyl sites for hydroxylation is 3. The van der Waals surface area contributed by atoms with Crippen LogP contribution in [0.3, 0.4) is 0 Å². The molecule has 24 heavy (non-hydrogen) atoms. The first-order valence-corrected chi connectivity index (χ1v) is 8.66. The summed E-state index contributed by atoms with van der Waals surface area (Å²) in [7, 11) is 0. The lowest BCUT2D eigenvalue weighted by atomic mass is 10.1. The molecule has 1 aliphatic rings. The van der Waals surface area contributed by atoms with Gasteiger partial charge in [0, 0.05) is 57.6 Å². The Morgan fingerprint density at radius 1 is 1.12 bits per heavy atom. The van der Waals surface area contributed by atoms with Crippen LogP contribution in [-0.4, -0.2) is 51.7 Å². The predicted octanol–water partition coefficient (Wildman–Crippen LogP) is 2.23. The van der Waals surface area contributed by atoms with Crippen molar-refractivity contribution >= 4 is 5.91 Å². The first-order valence-electron chi connectivity index (χ1n) is 8.66. The van der Waals surface area contributed by atoms with E-state index in [1.54, 1.807) is 6.20 Å². The molecular formula is C19H26N4O. The van der Waals surface area contributed by atoms with E-state index in [1.807, 2.05) is 22.6 Å². The zero-order chi connectivity index (χ0) is 16.9. The fraction of sp³-hybridized carbons (Fsp3) is 0.474. The van der Waals surface area contributed by atoms with Crippen molar-refractivity contribution in [2.45, 2.75) is 33.4 Å². The van der Waals surface area contributed by atoms with E-state index in [0.29, 0.717) is 13.0 Å². The standard InChI is InChI=1S/C19H26N4O/c1-16-4-3-5-18(14-16)15-21-10-12-22(13-11-21)19(24)7-9-23-17(2)6-8-20-23/h3-6,8,14H,7,9-13,15H2,1-2H3. The van der Waals surface area contributed by atoms with Crippen LogP contribution in [0.2, 0.25) is 0 Å². The molecule has 0 saturated carbocycles. The maximum Gasteiger partial charge on any atom is 0.224 e. The molecule has 1 aromatic carbocycles. The van der Waals surface area contributed by atoms with Gasteiger partial charge in [-0.05, 0) is 25.5 Å². The third kappa shape index (κ3) is 4.23. The number of carbonyl (C=O) groups is 1. The molecule has 128 valence electrons. The van der Waals surface area contributed by atoms with Crippen LogP contribution in [-0.2, 0) is 17.9 Å². The molecule has 3 rings (SSSR count). The lowest BCUT2D eigenvalue weighted by Crippen LogP contribution is -2.48. The minimum absolute atomic E-state index is 0.236. The first kappa shape index (κ1) is 16.7. The van der Waals surface area contributed by atoms with Crippen molar-refractivity contribution in [3.05, 3.63) is 53.3 Å². The van der Waals surface area contributed by atoms with E-state index in [0.717, 1.165) is 38.4 Å².